The maximum absolute atomic E-state index is 14.4. The number of nitrogens with zero attached hydrogens (tertiary/aromatic N) is 5. The quantitative estimate of drug-likeness (QED) is 0.0172. The van der Waals surface area contributed by atoms with Crippen molar-refractivity contribution in [3.63, 3.8) is 0 Å². The molecule has 8 atom stereocenters. The molecule has 10 heterocycles. The molecular weight excluding hydrogens is 1690 g/mol. The third-order valence-electron chi connectivity index (χ3n) is 21.7. The summed E-state index contributed by atoms with van der Waals surface area (Å²) in [5.41, 5.74) is 2.23. The van der Waals surface area contributed by atoms with Crippen molar-refractivity contribution < 1.29 is 127 Å². The topological polar surface area (TPSA) is 440 Å². The van der Waals surface area contributed by atoms with E-state index in [4.69, 9.17) is 47.4 Å². The van der Waals surface area contributed by atoms with Gasteiger partial charge in [-0.05, 0) is 132 Å². The summed E-state index contributed by atoms with van der Waals surface area (Å²) in [6.45, 7) is 18.2. The number of hydrogen-bond acceptors (Lipinski definition) is 27. The van der Waals surface area contributed by atoms with Crippen LogP contribution in [0.5, 0.6) is 28.7 Å². The Bertz CT molecular complexity index is 4730. The minimum Gasteiger partial charge on any atom is -0.490 e. The molecule has 0 unspecified atom stereocenters. The molecule has 37 nitrogen and oxygen atoms in total. The van der Waals surface area contributed by atoms with Gasteiger partial charge in [0.1, 0.15) is 61.5 Å². The SMILES string of the molecule is CC(=O)NC[C@H]1CN(c2ccc(OCC3(O)CCNCC3)c(F)c2)C(=O)O1.CC(=O)NC[C@H]1CN(c2ccc(OCC3CNC3)c(F)c2)C(=O)O1.CC(=O)NC[C@H]1CN(c2ccc(OCC=C3CCNCC3)c(F)c2)C(=O)O1.CC(=O)NC[C@H]1CN(c2ccc(OC[C@H]3CCNC3)c(F)c2)C(=O)O1.CC(=O)NC[C@H]1CN(c2ccc(O[C@H]3CNC[C@@H]3O)c(F)c2)C(=O)O1. The Morgan fingerprint density at radius 3 is 1.05 bits per heavy atom. The molecule has 5 aromatic rings. The van der Waals surface area contributed by atoms with Crippen molar-refractivity contribution in [3.05, 3.63) is 132 Å². The second kappa shape index (κ2) is 46.6. The Morgan fingerprint density at radius 1 is 0.414 bits per heavy atom. The average molecular weight is 1800 g/mol. The molecule has 10 aliphatic rings. The number of ether oxygens (including phenoxy) is 10. The van der Waals surface area contributed by atoms with Crippen LogP contribution in [0.3, 0.4) is 0 Å². The number of aliphatic hydroxyl groups excluding tert-OH is 1. The van der Waals surface area contributed by atoms with Crippen molar-refractivity contribution >= 4 is 88.4 Å². The van der Waals surface area contributed by atoms with Crippen LogP contribution in [-0.4, -0.2) is 276 Å². The molecule has 42 heteroatoms. The van der Waals surface area contributed by atoms with Gasteiger partial charge in [0.2, 0.25) is 29.5 Å². The summed E-state index contributed by atoms with van der Waals surface area (Å²) < 4.78 is 125. The van der Waals surface area contributed by atoms with Gasteiger partial charge in [-0.3, -0.25) is 48.5 Å². The summed E-state index contributed by atoms with van der Waals surface area (Å²) in [6, 6.07) is 21.6. The highest BCUT2D eigenvalue weighted by Crippen LogP contribution is 2.35. The Balaban J connectivity index is 0.000000155. The Hall–Kier alpha value is -12.1. The smallest absolute Gasteiger partial charge is 0.414 e. The molecule has 5 aromatic carbocycles. The van der Waals surface area contributed by atoms with Crippen molar-refractivity contribution in [2.75, 3.05) is 182 Å². The number of carbonyl (C=O) groups is 10. The molecule has 10 amide bonds. The van der Waals surface area contributed by atoms with E-state index in [1.165, 1.54) is 125 Å². The van der Waals surface area contributed by atoms with Crippen LogP contribution in [0.4, 0.5) is 74.4 Å². The first-order valence-corrected chi connectivity index (χ1v) is 42.3. The standard InChI is InChI=1S/C19H24FN3O4.C18H24FN3O5.C17H22FN3O4.C16H20FN3O5.C16H20FN3O4/c1-13(24)22-11-16-12-23(19(25)27-16)15-2-3-18(17(20)10-15)26-9-6-14-4-7-21-8-5-14;1-12(23)21-9-14-10-22(17(24)27-14)13-2-3-16(15(19)8-13)26-11-18(25)4-6-20-7-5-18;1-11(22)20-8-14-9-21(17(23)25-14)13-2-3-16(15(18)6-13)24-10-12-4-5-19-7-12;1-9(21)19-5-11-8-20(16(23)24-11)10-2-3-14(12(17)4-10)25-15-7-18-6-13(15)22;1-10(21)19-7-13-8-20(16(22)24-13)12-2-3-15(14(17)4-12)23-9-11-5-18-6-11/h2-3,6,10,16,21H,4-5,7-9,11-12H2,1H3,(H,22,24);2-3,8,14,20,25H,4-7,9-11H2,1H3,(H,21,23);2-3,6,12,14,19H,4-5,7-10H2,1H3,(H,20,22);2-4,11,13,15,18,22H,5-8H2,1H3,(H,19,21);2-4,11,13,18H,5-9H2,1H3,(H,19,21)/t16-;14-;12-,14-;11-,13-,15-;13-/m00000/s1. The highest BCUT2D eigenvalue weighted by molar-refractivity contribution is 5.93. The van der Waals surface area contributed by atoms with Gasteiger partial charge in [-0.1, -0.05) is 5.57 Å². The van der Waals surface area contributed by atoms with E-state index < -0.39 is 108 Å². The molecular formula is C86H110F5N15O22. The van der Waals surface area contributed by atoms with Gasteiger partial charge in [-0.15, -0.1) is 0 Å². The normalized spacial score (nSPS) is 22.0. The highest BCUT2D eigenvalue weighted by atomic mass is 19.1. The number of rotatable bonds is 29. The number of piperidine rings is 2. The number of anilines is 5. The van der Waals surface area contributed by atoms with E-state index in [2.05, 4.69) is 53.2 Å². The second-order valence-electron chi connectivity index (χ2n) is 31.9. The van der Waals surface area contributed by atoms with Crippen molar-refractivity contribution in [1.82, 2.24) is 53.2 Å². The van der Waals surface area contributed by atoms with E-state index in [1.54, 1.807) is 30.3 Å². The van der Waals surface area contributed by atoms with E-state index >= 15 is 0 Å². The Labute approximate surface area is 735 Å². The zero-order valence-electron chi connectivity index (χ0n) is 71.6. The maximum Gasteiger partial charge on any atom is 0.414 e. The molecule has 0 aliphatic carbocycles. The average Bonchev–Trinajstić information content (AvgIpc) is 1.86. The number of hydrogen-bond donors (Lipinski definition) is 12. The van der Waals surface area contributed by atoms with Crippen molar-refractivity contribution in [2.24, 2.45) is 11.8 Å². The van der Waals surface area contributed by atoms with Gasteiger partial charge in [0.05, 0.1) is 107 Å². The molecule has 12 N–H and O–H groups in total. The molecule has 0 bridgehead atoms. The minimum absolute atomic E-state index is 0.00942. The summed E-state index contributed by atoms with van der Waals surface area (Å²) in [7, 11) is 0. The molecule has 0 radical (unpaired) electrons. The lowest BCUT2D eigenvalue weighted by atomic mass is 9.93. The van der Waals surface area contributed by atoms with Crippen molar-refractivity contribution in [3.8, 4) is 28.7 Å². The number of halogens is 5. The predicted octanol–water partition coefficient (Wildman–Crippen LogP) is 4.91. The van der Waals surface area contributed by atoms with Crippen molar-refractivity contribution in [1.29, 1.82) is 0 Å². The first-order valence-electron chi connectivity index (χ1n) is 42.3. The zero-order valence-corrected chi connectivity index (χ0v) is 71.6. The number of carbonyl (C=O) groups excluding carboxylic acids is 10. The lowest BCUT2D eigenvalue weighted by Crippen LogP contribution is -2.46. The Kier molecular flexibility index (Phi) is 35.1. The first kappa shape index (κ1) is 96.5. The van der Waals surface area contributed by atoms with E-state index in [1.807, 2.05) is 6.08 Å². The van der Waals surface area contributed by atoms with Crippen LogP contribution in [0, 0.1) is 40.9 Å². The second-order valence-corrected chi connectivity index (χ2v) is 31.9. The summed E-state index contributed by atoms with van der Waals surface area (Å²) >= 11 is 0. The molecule has 0 saturated carbocycles. The molecule has 0 aromatic heterocycles. The van der Waals surface area contributed by atoms with Crippen LogP contribution in [0.25, 0.3) is 0 Å². The van der Waals surface area contributed by atoms with E-state index in [0.29, 0.717) is 99.1 Å². The van der Waals surface area contributed by atoms with Gasteiger partial charge in [-0.2, -0.15) is 0 Å². The Morgan fingerprint density at radius 2 is 0.734 bits per heavy atom. The lowest BCUT2D eigenvalue weighted by molar-refractivity contribution is -0.120. The van der Waals surface area contributed by atoms with Gasteiger partial charge in [0.25, 0.3) is 0 Å². The summed E-state index contributed by atoms with van der Waals surface area (Å²) in [4.78, 5) is 121. The third kappa shape index (κ3) is 28.7. The molecule has 0 spiro atoms. The van der Waals surface area contributed by atoms with E-state index in [0.717, 1.165) is 58.5 Å². The van der Waals surface area contributed by atoms with Gasteiger partial charge in [0.15, 0.2) is 57.8 Å². The van der Waals surface area contributed by atoms with Crippen LogP contribution in [0.1, 0.15) is 66.7 Å². The van der Waals surface area contributed by atoms with Gasteiger partial charge < -0.3 is 111 Å². The van der Waals surface area contributed by atoms with Gasteiger partial charge >= 0.3 is 30.5 Å². The maximum atomic E-state index is 14.4. The summed E-state index contributed by atoms with van der Waals surface area (Å²) in [5.74, 6) is -2.50. The van der Waals surface area contributed by atoms with Gasteiger partial charge in [0, 0.05) is 110 Å². The predicted molar refractivity (Wildman–Crippen MR) is 453 cm³/mol. The molecule has 10 fully saturated rings. The number of β-amino-alcohol motifs (C(OH)–C–C–N with tert-alkyl or cyclic N) is 1. The van der Waals surface area contributed by atoms with Gasteiger partial charge in [-0.25, -0.2) is 45.9 Å². The summed E-state index contributed by atoms with van der Waals surface area (Å²) in [6.07, 6.45) is -0.338. The largest absolute Gasteiger partial charge is 0.490 e. The number of amides is 10. The number of aliphatic hydroxyl groups is 2. The fourth-order valence-electron chi connectivity index (χ4n) is 14.4. The van der Waals surface area contributed by atoms with Crippen LogP contribution in [0.2, 0.25) is 0 Å². The number of cyclic esters (lactones) is 5. The fraction of sp³-hybridized carbons (Fsp3) is 0.512. The number of nitrogens with one attached hydrogen (secondary N) is 10. The van der Waals surface area contributed by atoms with E-state index in [-0.39, 0.29) is 130 Å². The van der Waals surface area contributed by atoms with Crippen LogP contribution in [-0.2, 0) is 47.7 Å². The van der Waals surface area contributed by atoms with Crippen LogP contribution < -0.4 is 101 Å². The highest BCUT2D eigenvalue weighted by Gasteiger charge is 2.40. The molecule has 128 heavy (non-hydrogen) atoms. The fourth-order valence-corrected chi connectivity index (χ4v) is 14.4. The molecule has 696 valence electrons. The first-order chi connectivity index (χ1) is 61.4. The van der Waals surface area contributed by atoms with Crippen molar-refractivity contribution in [2.45, 2.75) is 115 Å². The molecule has 10 saturated heterocycles. The van der Waals surface area contributed by atoms with Crippen LogP contribution in [0.15, 0.2) is 103 Å². The van der Waals surface area contributed by atoms with E-state index in [9.17, 15) is 80.1 Å². The number of benzene rings is 5. The zero-order chi connectivity index (χ0) is 91.6. The minimum atomic E-state index is -0.966. The van der Waals surface area contributed by atoms with Crippen LogP contribution >= 0.6 is 0 Å². The molecule has 15 rings (SSSR count). The third-order valence-corrected chi connectivity index (χ3v) is 21.7. The monoisotopic (exact) mass is 1800 g/mol. The lowest BCUT2D eigenvalue weighted by Gasteiger charge is -2.32. The summed E-state index contributed by atoms with van der Waals surface area (Å²) in [5, 5.41) is 48.8. The molecule has 10 aliphatic heterocycles.